The Kier molecular flexibility index (Phi) is 9.14. The van der Waals surface area contributed by atoms with Gasteiger partial charge in [-0.2, -0.15) is 0 Å². The maximum absolute atomic E-state index is 14.1. The van der Waals surface area contributed by atoms with Crippen molar-refractivity contribution < 1.29 is 14.6 Å². The van der Waals surface area contributed by atoms with Crippen molar-refractivity contribution in [3.8, 4) is 17.0 Å². The summed E-state index contributed by atoms with van der Waals surface area (Å²) in [6, 6.07) is 20.9. The molecule has 0 saturated carbocycles. The molecule has 0 bridgehead atoms. The van der Waals surface area contributed by atoms with E-state index in [2.05, 4.69) is 45.9 Å². The van der Waals surface area contributed by atoms with Gasteiger partial charge < -0.3 is 24.5 Å². The number of amides is 1. The third-order valence-electron chi connectivity index (χ3n) is 9.60. The van der Waals surface area contributed by atoms with Gasteiger partial charge >= 0.3 is 0 Å². The molecule has 8 nitrogen and oxygen atoms in total. The molecule has 0 aliphatic carbocycles. The molecule has 228 valence electrons. The highest BCUT2D eigenvalue weighted by atomic mass is 16.5. The summed E-state index contributed by atoms with van der Waals surface area (Å²) in [6.45, 7) is 9.23. The van der Waals surface area contributed by atoms with Crippen molar-refractivity contribution in [2.75, 3.05) is 75.9 Å². The molecule has 2 aromatic carbocycles. The van der Waals surface area contributed by atoms with Crippen molar-refractivity contribution in [3.05, 3.63) is 71.8 Å². The smallest absolute Gasteiger partial charge is 0.257 e. The fourth-order valence-corrected chi connectivity index (χ4v) is 7.12. The molecule has 0 spiro atoms. The number of aliphatic hydroxyl groups excluding tert-OH is 1. The number of anilines is 2. The molecule has 0 radical (unpaired) electrons. The number of benzene rings is 2. The molecule has 4 heterocycles. The third-order valence-corrected chi connectivity index (χ3v) is 9.60. The van der Waals surface area contributed by atoms with Crippen molar-refractivity contribution in [1.29, 1.82) is 0 Å². The van der Waals surface area contributed by atoms with Crippen molar-refractivity contribution in [3.63, 3.8) is 0 Å². The normalized spacial score (nSPS) is 20.3. The molecule has 6 rings (SSSR count). The Morgan fingerprint density at radius 1 is 0.884 bits per heavy atom. The molecule has 43 heavy (non-hydrogen) atoms. The molecule has 8 heteroatoms. The second kappa shape index (κ2) is 13.3. The molecule has 3 aromatic rings. The zero-order valence-corrected chi connectivity index (χ0v) is 25.6. The maximum atomic E-state index is 14.1. The van der Waals surface area contributed by atoms with Crippen LogP contribution in [-0.4, -0.2) is 97.9 Å². The second-order valence-corrected chi connectivity index (χ2v) is 12.2. The van der Waals surface area contributed by atoms with E-state index in [0.717, 1.165) is 87.8 Å². The minimum absolute atomic E-state index is 0.0578. The van der Waals surface area contributed by atoms with E-state index in [1.165, 1.54) is 11.3 Å². The van der Waals surface area contributed by atoms with Gasteiger partial charge in [0.1, 0.15) is 11.6 Å². The molecule has 1 aromatic heterocycles. The number of piperazine rings is 1. The molecule has 1 amide bonds. The Labute approximate surface area is 255 Å². The Bertz CT molecular complexity index is 1400. The zero-order chi connectivity index (χ0) is 29.8. The zero-order valence-electron chi connectivity index (χ0n) is 25.6. The van der Waals surface area contributed by atoms with Crippen LogP contribution in [0.4, 0.5) is 11.5 Å². The van der Waals surface area contributed by atoms with Gasteiger partial charge in [0.25, 0.3) is 5.91 Å². The summed E-state index contributed by atoms with van der Waals surface area (Å²) in [7, 11) is 1.68. The lowest BCUT2D eigenvalue weighted by Crippen LogP contribution is -2.50. The number of likely N-dealkylation sites (tertiary alicyclic amines) is 1. The Balaban J connectivity index is 1.23. The first-order valence-electron chi connectivity index (χ1n) is 15.9. The number of piperidine rings is 2. The molecule has 3 aliphatic rings. The molecular weight excluding hydrogens is 538 g/mol. The van der Waals surface area contributed by atoms with E-state index in [1.807, 2.05) is 41.3 Å². The number of aromatic nitrogens is 1. The number of nitrogens with zero attached hydrogens (tertiary/aromatic N) is 5. The number of para-hydroxylation sites is 2. The van der Waals surface area contributed by atoms with Crippen molar-refractivity contribution in [2.24, 2.45) is 5.92 Å². The van der Waals surface area contributed by atoms with Crippen molar-refractivity contribution in [1.82, 2.24) is 14.8 Å². The SMILES string of the molecule is COc1ccccc1-c1ccc(C(=O)N2CCN(c3ccccc3C)CC2)c(N2CCC(N3CCCC(CO)C3)CC2)n1. The van der Waals surface area contributed by atoms with E-state index in [-0.39, 0.29) is 12.5 Å². The number of aliphatic hydroxyl groups is 1. The average molecular weight is 584 g/mol. The van der Waals surface area contributed by atoms with Gasteiger partial charge in [0.15, 0.2) is 0 Å². The number of carbonyl (C=O) groups excluding carboxylic acids is 1. The minimum Gasteiger partial charge on any atom is -0.496 e. The van der Waals surface area contributed by atoms with Gasteiger partial charge in [-0.15, -0.1) is 0 Å². The van der Waals surface area contributed by atoms with Crippen molar-refractivity contribution in [2.45, 2.75) is 38.6 Å². The standard InChI is InChI=1S/C35H45N5O3/c1-26-8-3-5-11-32(26)37-20-22-39(23-21-37)35(42)30-13-14-31(29-10-4-6-12-33(29)43-2)36-34(30)38-18-15-28(16-19-38)40-17-7-9-27(24-40)25-41/h3-6,8,10-14,27-28,41H,7,9,15-25H2,1-2H3. The Morgan fingerprint density at radius 3 is 2.37 bits per heavy atom. The fraction of sp³-hybridized carbons (Fsp3) is 0.486. The first-order valence-corrected chi connectivity index (χ1v) is 15.9. The van der Waals surface area contributed by atoms with Gasteiger partial charge in [-0.1, -0.05) is 30.3 Å². The summed E-state index contributed by atoms with van der Waals surface area (Å²) in [5.74, 6) is 2.00. The minimum atomic E-state index is 0.0578. The van der Waals surface area contributed by atoms with Crippen LogP contribution >= 0.6 is 0 Å². The van der Waals surface area contributed by atoms with Gasteiger partial charge in [0.2, 0.25) is 0 Å². The van der Waals surface area contributed by atoms with Crippen LogP contribution < -0.4 is 14.5 Å². The monoisotopic (exact) mass is 583 g/mol. The van der Waals surface area contributed by atoms with Crippen LogP contribution in [0.3, 0.4) is 0 Å². The summed E-state index contributed by atoms with van der Waals surface area (Å²) < 4.78 is 5.66. The highest BCUT2D eigenvalue weighted by molar-refractivity contribution is 5.99. The lowest BCUT2D eigenvalue weighted by molar-refractivity contribution is 0.0744. The number of pyridine rings is 1. The quantitative estimate of drug-likeness (QED) is 0.432. The van der Waals surface area contributed by atoms with E-state index >= 15 is 0 Å². The average Bonchev–Trinajstić information content (AvgIpc) is 3.08. The molecule has 1 unspecified atom stereocenters. The second-order valence-electron chi connectivity index (χ2n) is 12.2. The summed E-state index contributed by atoms with van der Waals surface area (Å²) in [6.07, 6.45) is 4.34. The number of hydrogen-bond acceptors (Lipinski definition) is 7. The highest BCUT2D eigenvalue weighted by Gasteiger charge is 2.32. The van der Waals surface area contributed by atoms with E-state index in [0.29, 0.717) is 30.6 Å². The Hall–Kier alpha value is -3.62. The molecule has 3 aliphatic heterocycles. The predicted octanol–water partition coefficient (Wildman–Crippen LogP) is 4.70. The summed E-state index contributed by atoms with van der Waals surface area (Å²) in [4.78, 5) is 28.6. The topological polar surface area (TPSA) is 72.4 Å². The summed E-state index contributed by atoms with van der Waals surface area (Å²) in [5.41, 5.74) is 4.94. The Morgan fingerprint density at radius 2 is 1.63 bits per heavy atom. The van der Waals surface area contributed by atoms with Crippen LogP contribution in [0.1, 0.15) is 41.6 Å². The third kappa shape index (κ3) is 6.36. The maximum Gasteiger partial charge on any atom is 0.257 e. The first kappa shape index (κ1) is 29.5. The lowest BCUT2D eigenvalue weighted by atomic mass is 9.94. The summed E-state index contributed by atoms with van der Waals surface area (Å²) in [5, 5.41) is 9.74. The largest absolute Gasteiger partial charge is 0.496 e. The van der Waals surface area contributed by atoms with Crippen LogP contribution in [0.2, 0.25) is 0 Å². The van der Waals surface area contributed by atoms with Crippen molar-refractivity contribution >= 4 is 17.4 Å². The number of rotatable bonds is 7. The van der Waals surface area contributed by atoms with Crippen LogP contribution in [0, 0.1) is 12.8 Å². The number of aryl methyl sites for hydroxylation is 1. The number of ether oxygens (including phenoxy) is 1. The number of carbonyl (C=O) groups is 1. The fourth-order valence-electron chi connectivity index (χ4n) is 7.12. The van der Waals surface area contributed by atoms with E-state index < -0.39 is 0 Å². The number of hydrogen-bond donors (Lipinski definition) is 1. The van der Waals surface area contributed by atoms with E-state index in [9.17, 15) is 9.90 Å². The summed E-state index contributed by atoms with van der Waals surface area (Å²) >= 11 is 0. The van der Waals surface area contributed by atoms with Gasteiger partial charge in [-0.25, -0.2) is 4.98 Å². The van der Waals surface area contributed by atoms with Crippen LogP contribution in [0.5, 0.6) is 5.75 Å². The lowest BCUT2D eigenvalue weighted by Gasteiger charge is -2.43. The first-order chi connectivity index (χ1) is 21.1. The van der Waals surface area contributed by atoms with Crippen LogP contribution in [0.25, 0.3) is 11.3 Å². The molecule has 1 N–H and O–H groups in total. The molecule has 3 saturated heterocycles. The molecular formula is C35H45N5O3. The van der Waals surface area contributed by atoms with Gasteiger partial charge in [0.05, 0.1) is 18.4 Å². The van der Waals surface area contributed by atoms with Gasteiger partial charge in [-0.05, 0) is 81.0 Å². The van der Waals surface area contributed by atoms with Gasteiger partial charge in [-0.3, -0.25) is 9.69 Å². The van der Waals surface area contributed by atoms with Gasteiger partial charge in [0, 0.05) is 69.7 Å². The van der Waals surface area contributed by atoms with E-state index in [4.69, 9.17) is 9.72 Å². The van der Waals surface area contributed by atoms with E-state index in [1.54, 1.807) is 7.11 Å². The van der Waals surface area contributed by atoms with Crippen LogP contribution in [0.15, 0.2) is 60.7 Å². The highest BCUT2D eigenvalue weighted by Crippen LogP contribution is 2.34. The van der Waals surface area contributed by atoms with Crippen LogP contribution in [-0.2, 0) is 0 Å². The molecule has 3 fully saturated rings. The number of methoxy groups -OCH3 is 1. The molecule has 1 atom stereocenters. The predicted molar refractivity (Wildman–Crippen MR) is 172 cm³/mol.